The van der Waals surface area contributed by atoms with E-state index in [0.717, 1.165) is 24.6 Å². The second-order valence-electron chi connectivity index (χ2n) is 6.92. The van der Waals surface area contributed by atoms with Crippen LogP contribution in [0, 0.1) is 0 Å². The first kappa shape index (κ1) is 28.1. The van der Waals surface area contributed by atoms with Crippen LogP contribution < -0.4 is 73.6 Å². The number of aliphatic hydroxyl groups is 1. The fourth-order valence-electron chi connectivity index (χ4n) is 3.69. The fraction of sp³-hybridized carbons (Fsp3) is 0.529. The summed E-state index contributed by atoms with van der Waals surface area (Å²) in [5, 5.41) is 40.7. The molecule has 2 heterocycles. The van der Waals surface area contributed by atoms with Crippen LogP contribution in [0.2, 0.25) is 0 Å². The van der Waals surface area contributed by atoms with E-state index in [1.54, 1.807) is 11.0 Å². The number of amides is 1. The molecule has 2 aliphatic rings. The van der Waals surface area contributed by atoms with Gasteiger partial charge in [-0.2, -0.15) is 11.8 Å². The van der Waals surface area contributed by atoms with Crippen molar-refractivity contribution in [3.63, 3.8) is 0 Å². The molecule has 3 N–H and O–H groups in total. The van der Waals surface area contributed by atoms with Crippen molar-refractivity contribution in [3.05, 3.63) is 23.3 Å². The SMILES string of the molecule is COc1ccc2c(c1C(=O)[O-])O[B-](O)(O)[C@@H](SCC(=O)N1CCCC1CO)C2.[Na+].[Na+]. The van der Waals surface area contributed by atoms with E-state index >= 15 is 0 Å². The van der Waals surface area contributed by atoms with Gasteiger partial charge in [0, 0.05) is 6.54 Å². The van der Waals surface area contributed by atoms with Crippen LogP contribution in [0.1, 0.15) is 28.8 Å². The summed E-state index contributed by atoms with van der Waals surface area (Å²) >= 11 is 1.04. The zero-order valence-corrected chi connectivity index (χ0v) is 22.2. The molecule has 3 rings (SSSR count). The molecule has 30 heavy (non-hydrogen) atoms. The molecule has 2 aliphatic heterocycles. The number of ether oxygens (including phenoxy) is 1. The van der Waals surface area contributed by atoms with Crippen LogP contribution in [0.15, 0.2) is 12.1 Å². The van der Waals surface area contributed by atoms with Crippen LogP contribution in [-0.2, 0) is 11.2 Å². The van der Waals surface area contributed by atoms with Crippen molar-refractivity contribution in [1.82, 2.24) is 4.90 Å². The number of nitrogens with zero attached hydrogens (tertiary/aromatic N) is 1. The number of carboxylic acids is 1. The minimum atomic E-state index is -3.41. The number of carboxylic acid groups (broad SMARTS) is 1. The van der Waals surface area contributed by atoms with E-state index in [2.05, 4.69) is 0 Å². The van der Waals surface area contributed by atoms with Crippen LogP contribution in [-0.4, -0.2) is 75.9 Å². The zero-order valence-electron chi connectivity index (χ0n) is 17.4. The maximum atomic E-state index is 12.4. The standard InChI is InChI=1S/C17H23BNO8S.2Na/c1-26-12-5-4-10-7-13(18(24,25)27-16(10)15(12)17(22)23)28-9-14(21)19-6-2-3-11(19)8-20;;/h4-5,11,13,20,24-25H,2-3,6-9H2,1H3,(H,22,23);;/q-1;2*+1/p-1/t11?,13-;;/m0../s1. The van der Waals surface area contributed by atoms with Crippen molar-refractivity contribution in [1.29, 1.82) is 0 Å². The number of rotatable bonds is 6. The third kappa shape index (κ3) is 5.89. The molecule has 13 heteroatoms. The van der Waals surface area contributed by atoms with E-state index in [4.69, 9.17) is 9.39 Å². The molecule has 2 atom stereocenters. The summed E-state index contributed by atoms with van der Waals surface area (Å²) in [6.07, 6.45) is 1.67. The van der Waals surface area contributed by atoms with Crippen LogP contribution in [0.5, 0.6) is 11.5 Å². The molecule has 1 aromatic rings. The second-order valence-corrected chi connectivity index (χ2v) is 8.14. The third-order valence-corrected chi connectivity index (χ3v) is 6.51. The summed E-state index contributed by atoms with van der Waals surface area (Å²) in [6, 6.07) is 2.84. The Balaban J connectivity index is 0.00000225. The van der Waals surface area contributed by atoms with Gasteiger partial charge in [-0.25, -0.2) is 0 Å². The Kier molecular flexibility index (Phi) is 11.0. The first-order valence-electron chi connectivity index (χ1n) is 9.00. The molecule has 1 aromatic carbocycles. The molecule has 0 aromatic heterocycles. The Morgan fingerprint density at radius 1 is 1.37 bits per heavy atom. The maximum absolute atomic E-state index is 12.4. The number of aromatic carboxylic acids is 1. The first-order chi connectivity index (χ1) is 13.3. The van der Waals surface area contributed by atoms with Gasteiger partial charge in [0.2, 0.25) is 5.91 Å². The summed E-state index contributed by atoms with van der Waals surface area (Å²) in [4.78, 5) is 25.5. The Labute approximate surface area is 223 Å². The molecule has 0 spiro atoms. The predicted molar refractivity (Wildman–Crippen MR) is 99.9 cm³/mol. The van der Waals surface area contributed by atoms with Gasteiger partial charge in [-0.05, 0) is 36.0 Å². The van der Waals surface area contributed by atoms with Gasteiger partial charge in [-0.15, -0.1) is 0 Å². The molecule has 0 saturated carbocycles. The van der Waals surface area contributed by atoms with Crippen LogP contribution in [0.3, 0.4) is 0 Å². The fourth-order valence-corrected chi connectivity index (χ4v) is 4.81. The maximum Gasteiger partial charge on any atom is 1.00 e. The minimum Gasteiger partial charge on any atom is -0.669 e. The van der Waals surface area contributed by atoms with Gasteiger partial charge in [0.25, 0.3) is 0 Å². The van der Waals surface area contributed by atoms with Crippen molar-refractivity contribution < 1.29 is 98.4 Å². The molecule has 0 radical (unpaired) electrons. The summed E-state index contributed by atoms with van der Waals surface area (Å²) in [5.41, 5.74) is 0.0803. The smallest absolute Gasteiger partial charge is 0.669 e. The Morgan fingerprint density at radius 2 is 2.07 bits per heavy atom. The number of benzene rings is 1. The summed E-state index contributed by atoms with van der Waals surface area (Å²) in [6.45, 7) is -2.94. The van der Waals surface area contributed by atoms with Gasteiger partial charge < -0.3 is 39.3 Å². The van der Waals surface area contributed by atoms with Crippen molar-refractivity contribution in [2.75, 3.05) is 26.0 Å². The van der Waals surface area contributed by atoms with Gasteiger partial charge in [0.05, 0.1) is 42.8 Å². The monoisotopic (exact) mass is 457 g/mol. The van der Waals surface area contributed by atoms with E-state index in [1.807, 2.05) is 0 Å². The number of hydrogen-bond donors (Lipinski definition) is 3. The normalized spacial score (nSPS) is 21.5. The number of aliphatic hydroxyl groups excluding tert-OH is 1. The molecule has 0 bridgehead atoms. The van der Waals surface area contributed by atoms with Crippen molar-refractivity contribution >= 4 is 30.4 Å². The molecule has 0 aliphatic carbocycles. The predicted octanol–water partition coefficient (Wildman–Crippen LogP) is -7.45. The van der Waals surface area contributed by atoms with E-state index in [0.29, 0.717) is 12.1 Å². The number of hydrogen-bond acceptors (Lipinski definition) is 9. The van der Waals surface area contributed by atoms with Gasteiger partial charge >= 0.3 is 65.9 Å². The van der Waals surface area contributed by atoms with Crippen LogP contribution in [0.4, 0.5) is 0 Å². The average Bonchev–Trinajstić information content (AvgIpc) is 3.13. The summed E-state index contributed by atoms with van der Waals surface area (Å²) in [5.74, 6) is -1.94. The van der Waals surface area contributed by atoms with Crippen molar-refractivity contribution in [2.24, 2.45) is 0 Å². The molecule has 154 valence electrons. The van der Waals surface area contributed by atoms with Crippen molar-refractivity contribution in [2.45, 2.75) is 30.5 Å². The Morgan fingerprint density at radius 3 is 2.67 bits per heavy atom. The molecular weight excluding hydrogens is 435 g/mol. The number of carbonyl (C=O) groups is 2. The molecule has 1 unspecified atom stereocenters. The number of carbonyl (C=O) groups excluding carboxylic acids is 2. The topological polar surface area (TPSA) is 140 Å². The Bertz CT molecular complexity index is 784. The van der Waals surface area contributed by atoms with E-state index in [-0.39, 0.29) is 107 Å². The quantitative estimate of drug-likeness (QED) is 0.356. The first-order valence-corrected chi connectivity index (χ1v) is 10.0. The Hall–Kier alpha value is 0.0549. The molecule has 1 fully saturated rings. The van der Waals surface area contributed by atoms with Gasteiger partial charge in [0.1, 0.15) is 5.75 Å². The van der Waals surface area contributed by atoms with Gasteiger partial charge in [-0.1, -0.05) is 6.07 Å². The molecule has 1 saturated heterocycles. The molecule has 9 nitrogen and oxygen atoms in total. The molecule has 1 amide bonds. The average molecular weight is 457 g/mol. The zero-order chi connectivity index (χ0) is 20.5. The number of likely N-dealkylation sites (tertiary alicyclic amines) is 1. The van der Waals surface area contributed by atoms with E-state index in [9.17, 15) is 29.9 Å². The largest absolute Gasteiger partial charge is 1.00 e. The van der Waals surface area contributed by atoms with Gasteiger partial charge in [0.15, 0.2) is 0 Å². The van der Waals surface area contributed by atoms with Crippen molar-refractivity contribution in [3.8, 4) is 11.5 Å². The number of methoxy groups -OCH3 is 1. The van der Waals surface area contributed by atoms with Crippen LogP contribution >= 0.6 is 11.8 Å². The van der Waals surface area contributed by atoms with Gasteiger partial charge in [-0.3, -0.25) is 4.79 Å². The summed E-state index contributed by atoms with van der Waals surface area (Å²) in [7, 11) is 1.29. The third-order valence-electron chi connectivity index (χ3n) is 5.15. The minimum absolute atomic E-state index is 0. The second kappa shape index (κ2) is 11.8. The van der Waals surface area contributed by atoms with E-state index in [1.165, 1.54) is 13.2 Å². The summed E-state index contributed by atoms with van der Waals surface area (Å²) < 4.78 is 10.2. The molecular formula is C17H22BNNa2O8S. The number of thioether (sulfide) groups is 1. The van der Waals surface area contributed by atoms with E-state index < -0.39 is 17.9 Å². The number of fused-ring (bicyclic) bond motifs is 1. The van der Waals surface area contributed by atoms with Crippen LogP contribution in [0.25, 0.3) is 0 Å².